The molecule has 0 aliphatic carbocycles. The van der Waals surface area contributed by atoms with Crippen molar-refractivity contribution in [2.75, 3.05) is 11.1 Å². The van der Waals surface area contributed by atoms with Gasteiger partial charge in [-0.15, -0.1) is 0 Å². The van der Waals surface area contributed by atoms with E-state index in [0.29, 0.717) is 12.1 Å². The van der Waals surface area contributed by atoms with Gasteiger partial charge in [-0.3, -0.25) is 9.78 Å². The number of carbonyl (C=O) groups is 1. The second-order valence-corrected chi connectivity index (χ2v) is 4.41. The van der Waals surface area contributed by atoms with Crippen molar-refractivity contribution in [3.05, 3.63) is 53.9 Å². The van der Waals surface area contributed by atoms with E-state index in [1.54, 1.807) is 12.3 Å². The zero-order valence-electron chi connectivity index (χ0n) is 9.76. The highest BCUT2D eigenvalue weighted by atomic mass is 16.2. The highest BCUT2D eigenvalue weighted by Crippen LogP contribution is 2.35. The van der Waals surface area contributed by atoms with Gasteiger partial charge >= 0.3 is 0 Å². The smallest absolute Gasteiger partial charge is 0.232 e. The summed E-state index contributed by atoms with van der Waals surface area (Å²) in [5.41, 5.74) is 9.18. The van der Waals surface area contributed by atoms with E-state index in [2.05, 4.69) is 10.3 Å². The SMILES string of the molecule is Nc1ccc2c(c1)C(Cc1ccccn1)C(=O)N2. The van der Waals surface area contributed by atoms with E-state index in [4.69, 9.17) is 5.73 Å². The number of fused-ring (bicyclic) bond motifs is 1. The van der Waals surface area contributed by atoms with Crippen LogP contribution in [0.5, 0.6) is 0 Å². The number of anilines is 2. The summed E-state index contributed by atoms with van der Waals surface area (Å²) >= 11 is 0. The lowest BCUT2D eigenvalue weighted by atomic mass is 9.95. The standard InChI is InChI=1S/C14H13N3O/c15-9-4-5-13-11(7-9)12(14(18)17-13)8-10-3-1-2-6-16-10/h1-7,12H,8,15H2,(H,17,18). The highest BCUT2D eigenvalue weighted by molar-refractivity contribution is 6.03. The first-order chi connectivity index (χ1) is 8.74. The topological polar surface area (TPSA) is 68.0 Å². The van der Waals surface area contributed by atoms with Gasteiger partial charge < -0.3 is 11.1 Å². The highest BCUT2D eigenvalue weighted by Gasteiger charge is 2.30. The Morgan fingerprint density at radius 2 is 2.17 bits per heavy atom. The number of nitrogens with one attached hydrogen (secondary N) is 1. The summed E-state index contributed by atoms with van der Waals surface area (Å²) in [5, 5.41) is 2.87. The third kappa shape index (κ3) is 1.82. The quantitative estimate of drug-likeness (QED) is 0.787. The van der Waals surface area contributed by atoms with Crippen molar-refractivity contribution in [3.8, 4) is 0 Å². The molecule has 0 bridgehead atoms. The lowest BCUT2D eigenvalue weighted by Gasteiger charge is -2.08. The fraction of sp³-hybridized carbons (Fsp3) is 0.143. The minimum atomic E-state index is -0.196. The number of aromatic nitrogens is 1. The molecular weight excluding hydrogens is 226 g/mol. The molecule has 2 heterocycles. The first-order valence-electron chi connectivity index (χ1n) is 5.84. The molecular formula is C14H13N3O. The molecule has 0 radical (unpaired) electrons. The maximum Gasteiger partial charge on any atom is 0.232 e. The van der Waals surface area contributed by atoms with Crippen LogP contribution < -0.4 is 11.1 Å². The van der Waals surface area contributed by atoms with E-state index in [1.807, 2.05) is 30.3 Å². The fourth-order valence-corrected chi connectivity index (χ4v) is 2.28. The van der Waals surface area contributed by atoms with E-state index in [-0.39, 0.29) is 11.8 Å². The van der Waals surface area contributed by atoms with Gasteiger partial charge in [-0.05, 0) is 35.9 Å². The Hall–Kier alpha value is -2.36. The average Bonchev–Trinajstić information content (AvgIpc) is 2.67. The second kappa shape index (κ2) is 4.14. The van der Waals surface area contributed by atoms with E-state index in [9.17, 15) is 4.79 Å². The molecule has 0 spiro atoms. The molecule has 90 valence electrons. The minimum Gasteiger partial charge on any atom is -0.399 e. The van der Waals surface area contributed by atoms with Crippen LogP contribution >= 0.6 is 0 Å². The number of benzene rings is 1. The number of amides is 1. The molecule has 4 nitrogen and oxygen atoms in total. The lowest BCUT2D eigenvalue weighted by Crippen LogP contribution is -2.14. The number of nitrogen functional groups attached to an aromatic ring is 1. The van der Waals surface area contributed by atoms with Crippen LogP contribution in [0.1, 0.15) is 17.2 Å². The predicted octanol–water partition coefficient (Wildman–Crippen LogP) is 1.94. The third-order valence-corrected chi connectivity index (χ3v) is 3.16. The Morgan fingerprint density at radius 1 is 1.28 bits per heavy atom. The summed E-state index contributed by atoms with van der Waals surface area (Å²) in [7, 11) is 0. The summed E-state index contributed by atoms with van der Waals surface area (Å²) in [6.45, 7) is 0. The van der Waals surface area contributed by atoms with Crippen LogP contribution in [0.15, 0.2) is 42.6 Å². The molecule has 3 rings (SSSR count). The molecule has 2 aromatic rings. The zero-order valence-corrected chi connectivity index (χ0v) is 9.76. The third-order valence-electron chi connectivity index (χ3n) is 3.16. The van der Waals surface area contributed by atoms with Gasteiger partial charge in [-0.25, -0.2) is 0 Å². The predicted molar refractivity (Wildman–Crippen MR) is 70.2 cm³/mol. The Bertz CT molecular complexity index is 595. The largest absolute Gasteiger partial charge is 0.399 e. The molecule has 1 aliphatic rings. The molecule has 1 aromatic heterocycles. The van der Waals surface area contributed by atoms with Crippen LogP contribution in [0.2, 0.25) is 0 Å². The van der Waals surface area contributed by atoms with Gasteiger partial charge in [0.2, 0.25) is 5.91 Å². The van der Waals surface area contributed by atoms with Gasteiger partial charge in [0.25, 0.3) is 0 Å². The van der Waals surface area contributed by atoms with E-state index >= 15 is 0 Å². The van der Waals surface area contributed by atoms with Gasteiger partial charge in [-0.1, -0.05) is 6.07 Å². The van der Waals surface area contributed by atoms with Crippen LogP contribution in [0.4, 0.5) is 11.4 Å². The van der Waals surface area contributed by atoms with Crippen LogP contribution in [0.25, 0.3) is 0 Å². The molecule has 1 amide bonds. The second-order valence-electron chi connectivity index (χ2n) is 4.41. The number of nitrogens with two attached hydrogens (primary N) is 1. The van der Waals surface area contributed by atoms with E-state index in [0.717, 1.165) is 16.9 Å². The van der Waals surface area contributed by atoms with Gasteiger partial charge in [-0.2, -0.15) is 0 Å². The van der Waals surface area contributed by atoms with Gasteiger partial charge in [0.05, 0.1) is 5.92 Å². The first kappa shape index (κ1) is 10.8. The molecule has 1 atom stereocenters. The number of rotatable bonds is 2. The van der Waals surface area contributed by atoms with Crippen molar-refractivity contribution in [2.24, 2.45) is 0 Å². The van der Waals surface area contributed by atoms with E-state index < -0.39 is 0 Å². The Balaban J connectivity index is 1.94. The maximum atomic E-state index is 12.0. The molecule has 4 heteroatoms. The maximum absolute atomic E-state index is 12.0. The summed E-state index contributed by atoms with van der Waals surface area (Å²) in [6, 6.07) is 11.2. The number of hydrogen-bond acceptors (Lipinski definition) is 3. The monoisotopic (exact) mass is 239 g/mol. The number of nitrogens with zero attached hydrogens (tertiary/aromatic N) is 1. The Kier molecular flexibility index (Phi) is 2.48. The first-order valence-corrected chi connectivity index (χ1v) is 5.84. The van der Waals surface area contributed by atoms with Crippen LogP contribution in [-0.2, 0) is 11.2 Å². The van der Waals surface area contributed by atoms with Crippen LogP contribution in [0, 0.1) is 0 Å². The Morgan fingerprint density at radius 3 is 2.94 bits per heavy atom. The normalized spacial score (nSPS) is 17.3. The van der Waals surface area contributed by atoms with Crippen molar-refractivity contribution in [1.82, 2.24) is 4.98 Å². The number of carbonyl (C=O) groups excluding carboxylic acids is 1. The zero-order chi connectivity index (χ0) is 12.5. The van der Waals surface area contributed by atoms with Crippen molar-refractivity contribution in [1.29, 1.82) is 0 Å². The average molecular weight is 239 g/mol. The molecule has 18 heavy (non-hydrogen) atoms. The molecule has 0 fully saturated rings. The van der Waals surface area contributed by atoms with Gasteiger partial charge in [0.1, 0.15) is 0 Å². The summed E-state index contributed by atoms with van der Waals surface area (Å²) in [5.74, 6) is -0.181. The number of hydrogen-bond donors (Lipinski definition) is 2. The van der Waals surface area contributed by atoms with Gasteiger partial charge in [0, 0.05) is 29.7 Å². The van der Waals surface area contributed by atoms with Crippen LogP contribution in [-0.4, -0.2) is 10.9 Å². The van der Waals surface area contributed by atoms with Crippen molar-refractivity contribution in [2.45, 2.75) is 12.3 Å². The van der Waals surface area contributed by atoms with E-state index in [1.165, 1.54) is 0 Å². The molecule has 1 aliphatic heterocycles. The molecule has 3 N–H and O–H groups in total. The lowest BCUT2D eigenvalue weighted by molar-refractivity contribution is -0.117. The summed E-state index contributed by atoms with van der Waals surface area (Å²) in [6.07, 6.45) is 2.34. The van der Waals surface area contributed by atoms with Crippen LogP contribution in [0.3, 0.4) is 0 Å². The fourth-order valence-electron chi connectivity index (χ4n) is 2.28. The molecule has 1 aromatic carbocycles. The molecule has 0 saturated heterocycles. The number of pyridine rings is 1. The van der Waals surface area contributed by atoms with Crippen molar-refractivity contribution < 1.29 is 4.79 Å². The van der Waals surface area contributed by atoms with Crippen molar-refractivity contribution >= 4 is 17.3 Å². The van der Waals surface area contributed by atoms with Gasteiger partial charge in [0.15, 0.2) is 0 Å². The summed E-state index contributed by atoms with van der Waals surface area (Å²) in [4.78, 5) is 16.2. The molecule has 0 saturated carbocycles. The Labute approximate surface area is 105 Å². The summed E-state index contributed by atoms with van der Waals surface area (Å²) < 4.78 is 0. The minimum absolute atomic E-state index is 0.0150. The molecule has 1 unspecified atom stereocenters. The van der Waals surface area contributed by atoms with Crippen molar-refractivity contribution in [3.63, 3.8) is 0 Å².